The van der Waals surface area contributed by atoms with E-state index in [2.05, 4.69) is 5.32 Å². The van der Waals surface area contributed by atoms with E-state index in [0.717, 1.165) is 5.56 Å². The number of rotatable bonds is 4. The summed E-state index contributed by atoms with van der Waals surface area (Å²) in [4.78, 5) is 11.9. The lowest BCUT2D eigenvalue weighted by Gasteiger charge is -2.23. The lowest BCUT2D eigenvalue weighted by atomic mass is 10.1. The number of halogens is 1. The molecule has 0 aromatic heterocycles. The molecule has 1 aromatic rings. The summed E-state index contributed by atoms with van der Waals surface area (Å²) in [6.45, 7) is 7.38. The zero-order valence-electron chi connectivity index (χ0n) is 11.7. The summed E-state index contributed by atoms with van der Waals surface area (Å²) in [5.41, 5.74) is 0.562. The Labute approximate surface area is 122 Å². The Morgan fingerprint density at radius 3 is 2.58 bits per heavy atom. The van der Waals surface area contributed by atoms with Crippen molar-refractivity contribution in [2.24, 2.45) is 0 Å². The van der Waals surface area contributed by atoms with E-state index in [1.165, 1.54) is 0 Å². The van der Waals surface area contributed by atoms with Crippen LogP contribution in [0.15, 0.2) is 24.3 Å². The van der Waals surface area contributed by atoms with Crippen LogP contribution in [-0.4, -0.2) is 20.9 Å². The van der Waals surface area contributed by atoms with E-state index in [1.54, 1.807) is 19.1 Å². The third-order valence-corrected chi connectivity index (χ3v) is 4.32. The summed E-state index contributed by atoms with van der Waals surface area (Å²) < 4.78 is 12.2. The molecule has 19 heavy (non-hydrogen) atoms. The number of nitrogens with one attached hydrogen (secondary N) is 1. The molecule has 0 aliphatic carbocycles. The second kappa shape index (κ2) is 6.53. The average Bonchev–Trinajstić information content (AvgIpc) is 2.25. The van der Waals surface area contributed by atoms with Crippen LogP contribution >= 0.6 is 11.6 Å². The minimum atomic E-state index is -1.26. The van der Waals surface area contributed by atoms with Crippen molar-refractivity contribution in [3.8, 4) is 0 Å². The second-order valence-electron chi connectivity index (χ2n) is 5.54. The normalized spacial score (nSPS) is 14.8. The summed E-state index contributed by atoms with van der Waals surface area (Å²) in [6.07, 6.45) is 0. The third kappa shape index (κ3) is 5.74. The molecule has 0 spiro atoms. The van der Waals surface area contributed by atoms with Crippen molar-refractivity contribution >= 4 is 28.3 Å². The molecular formula is C14H20ClNO2S. The minimum absolute atomic E-state index is 0.187. The molecule has 1 N–H and O–H groups in total. The summed E-state index contributed by atoms with van der Waals surface area (Å²) >= 11 is 5.88. The molecule has 0 heterocycles. The van der Waals surface area contributed by atoms with E-state index in [0.29, 0.717) is 10.8 Å². The smallest absolute Gasteiger partial charge is 0.235 e. The van der Waals surface area contributed by atoms with Crippen LogP contribution in [0.2, 0.25) is 5.02 Å². The topological polar surface area (TPSA) is 46.2 Å². The molecule has 2 unspecified atom stereocenters. The van der Waals surface area contributed by atoms with Crippen molar-refractivity contribution in [2.75, 3.05) is 0 Å². The van der Waals surface area contributed by atoms with Gasteiger partial charge in [-0.05, 0) is 45.4 Å². The predicted octanol–water partition coefficient (Wildman–Crippen LogP) is 2.89. The highest BCUT2D eigenvalue weighted by atomic mass is 35.5. The van der Waals surface area contributed by atoms with Gasteiger partial charge in [0.15, 0.2) is 0 Å². The Balaban J connectivity index is 2.65. The van der Waals surface area contributed by atoms with Crippen LogP contribution < -0.4 is 5.32 Å². The van der Waals surface area contributed by atoms with Gasteiger partial charge in [-0.3, -0.25) is 9.00 Å². The number of amides is 1. The molecule has 0 fully saturated rings. The summed E-state index contributed by atoms with van der Waals surface area (Å²) in [5.74, 6) is 0.145. The second-order valence-corrected chi connectivity index (χ2v) is 7.73. The van der Waals surface area contributed by atoms with E-state index >= 15 is 0 Å². The highest BCUT2D eigenvalue weighted by molar-refractivity contribution is 7.85. The summed E-state index contributed by atoms with van der Waals surface area (Å²) in [5, 5.41) is 2.91. The van der Waals surface area contributed by atoms with E-state index < -0.39 is 16.0 Å². The summed E-state index contributed by atoms with van der Waals surface area (Å²) in [6, 6.07) is 7.21. The Morgan fingerprint density at radius 1 is 1.42 bits per heavy atom. The van der Waals surface area contributed by atoms with Gasteiger partial charge in [-0.1, -0.05) is 23.7 Å². The van der Waals surface area contributed by atoms with Gasteiger partial charge in [-0.25, -0.2) is 0 Å². The molecule has 1 amide bonds. The first-order valence-corrected chi connectivity index (χ1v) is 7.89. The lowest BCUT2D eigenvalue weighted by Crippen LogP contribution is -2.46. The first-order chi connectivity index (χ1) is 8.69. The highest BCUT2D eigenvalue weighted by Crippen LogP contribution is 2.14. The molecule has 0 saturated carbocycles. The van der Waals surface area contributed by atoms with Gasteiger partial charge in [0.05, 0.1) is 0 Å². The zero-order valence-corrected chi connectivity index (χ0v) is 13.3. The van der Waals surface area contributed by atoms with Crippen LogP contribution in [0.5, 0.6) is 0 Å². The van der Waals surface area contributed by atoms with Gasteiger partial charge >= 0.3 is 0 Å². The number of hydrogen-bond acceptors (Lipinski definition) is 2. The molecule has 3 nitrogen and oxygen atoms in total. The molecule has 0 aliphatic rings. The maximum atomic E-state index is 12.2. The number of carbonyl (C=O) groups excluding carboxylic acids is 1. The molecule has 2 atom stereocenters. The van der Waals surface area contributed by atoms with Crippen molar-refractivity contribution < 1.29 is 9.00 Å². The van der Waals surface area contributed by atoms with Gasteiger partial charge in [0.25, 0.3) is 0 Å². The Hall–Kier alpha value is -0.870. The molecule has 5 heteroatoms. The third-order valence-electron chi connectivity index (χ3n) is 2.46. The quantitative estimate of drug-likeness (QED) is 0.929. The molecule has 106 valence electrons. The van der Waals surface area contributed by atoms with Crippen LogP contribution in [0.4, 0.5) is 0 Å². The summed E-state index contributed by atoms with van der Waals surface area (Å²) in [7, 11) is -1.26. The van der Waals surface area contributed by atoms with Gasteiger partial charge in [0, 0.05) is 27.1 Å². The number of carbonyl (C=O) groups is 1. The predicted molar refractivity (Wildman–Crippen MR) is 80.7 cm³/mol. The fourth-order valence-corrected chi connectivity index (χ4v) is 2.78. The SMILES string of the molecule is CC(C(=O)NC(C)(C)C)S(=O)Cc1cccc(Cl)c1. The fraction of sp³-hybridized carbons (Fsp3) is 0.500. The molecule has 1 aromatic carbocycles. The van der Waals surface area contributed by atoms with Crippen molar-refractivity contribution in [2.45, 2.75) is 44.2 Å². The van der Waals surface area contributed by atoms with Gasteiger partial charge in [0.1, 0.15) is 5.25 Å². The average molecular weight is 302 g/mol. The molecule has 0 radical (unpaired) electrons. The first kappa shape index (κ1) is 16.2. The standard InChI is InChI=1S/C14H20ClNO2S/c1-10(13(17)16-14(2,3)4)19(18)9-11-6-5-7-12(15)8-11/h5-8,10H,9H2,1-4H3,(H,16,17). The van der Waals surface area contributed by atoms with E-state index in [9.17, 15) is 9.00 Å². The zero-order chi connectivity index (χ0) is 14.6. The van der Waals surface area contributed by atoms with Crippen molar-refractivity contribution in [1.29, 1.82) is 0 Å². The van der Waals surface area contributed by atoms with Crippen LogP contribution in [0.1, 0.15) is 33.3 Å². The molecule has 0 bridgehead atoms. The van der Waals surface area contributed by atoms with E-state index in [1.807, 2.05) is 32.9 Å². The van der Waals surface area contributed by atoms with E-state index in [4.69, 9.17) is 11.6 Å². The fourth-order valence-electron chi connectivity index (χ4n) is 1.51. The molecular weight excluding hydrogens is 282 g/mol. The van der Waals surface area contributed by atoms with Crippen molar-refractivity contribution in [3.05, 3.63) is 34.9 Å². The highest BCUT2D eigenvalue weighted by Gasteiger charge is 2.23. The largest absolute Gasteiger partial charge is 0.350 e. The molecule has 0 aliphatic heterocycles. The van der Waals surface area contributed by atoms with Crippen LogP contribution in [0, 0.1) is 0 Å². The van der Waals surface area contributed by atoms with Gasteiger partial charge in [0.2, 0.25) is 5.91 Å². The van der Waals surface area contributed by atoms with Crippen LogP contribution in [-0.2, 0) is 21.3 Å². The molecule has 0 saturated heterocycles. The molecule has 1 rings (SSSR count). The van der Waals surface area contributed by atoms with E-state index in [-0.39, 0.29) is 11.4 Å². The van der Waals surface area contributed by atoms with Gasteiger partial charge < -0.3 is 5.32 Å². The minimum Gasteiger partial charge on any atom is -0.350 e. The maximum Gasteiger partial charge on any atom is 0.235 e. The van der Waals surface area contributed by atoms with Crippen LogP contribution in [0.3, 0.4) is 0 Å². The van der Waals surface area contributed by atoms with Crippen LogP contribution in [0.25, 0.3) is 0 Å². The van der Waals surface area contributed by atoms with Gasteiger partial charge in [-0.15, -0.1) is 0 Å². The Morgan fingerprint density at radius 2 is 2.05 bits per heavy atom. The number of hydrogen-bond donors (Lipinski definition) is 1. The Kier molecular flexibility index (Phi) is 5.56. The van der Waals surface area contributed by atoms with Crippen molar-refractivity contribution in [1.82, 2.24) is 5.32 Å². The Bertz CT molecular complexity index is 483. The number of benzene rings is 1. The maximum absolute atomic E-state index is 12.2. The monoisotopic (exact) mass is 301 g/mol. The first-order valence-electron chi connectivity index (χ1n) is 6.13. The van der Waals surface area contributed by atoms with Crippen molar-refractivity contribution in [3.63, 3.8) is 0 Å². The van der Waals surface area contributed by atoms with Gasteiger partial charge in [-0.2, -0.15) is 0 Å². The lowest BCUT2D eigenvalue weighted by molar-refractivity contribution is -0.121.